The van der Waals surface area contributed by atoms with Crippen molar-refractivity contribution in [3.8, 4) is 11.5 Å². The topological polar surface area (TPSA) is 73.9 Å². The summed E-state index contributed by atoms with van der Waals surface area (Å²) in [6.07, 6.45) is 0. The Balaban J connectivity index is 2.02. The first-order valence-corrected chi connectivity index (χ1v) is 8.37. The minimum absolute atomic E-state index is 0.166. The van der Waals surface area contributed by atoms with Crippen LogP contribution in [-0.2, 0) is 9.53 Å². The van der Waals surface area contributed by atoms with Crippen LogP contribution in [0, 0.1) is 6.92 Å². The molecule has 1 N–H and O–H groups in total. The Morgan fingerprint density at radius 2 is 1.92 bits per heavy atom. The van der Waals surface area contributed by atoms with Crippen LogP contribution in [0.5, 0.6) is 11.5 Å². The summed E-state index contributed by atoms with van der Waals surface area (Å²) < 4.78 is 15.6. The van der Waals surface area contributed by atoms with Gasteiger partial charge in [0.25, 0.3) is 5.91 Å². The lowest BCUT2D eigenvalue weighted by molar-refractivity contribution is -0.119. The van der Waals surface area contributed by atoms with Crippen LogP contribution in [0.15, 0.2) is 36.4 Å². The number of esters is 1. The van der Waals surface area contributed by atoms with E-state index in [4.69, 9.17) is 25.8 Å². The second-order valence-electron chi connectivity index (χ2n) is 5.36. The van der Waals surface area contributed by atoms with Gasteiger partial charge in [-0.1, -0.05) is 29.8 Å². The molecule has 0 aromatic heterocycles. The van der Waals surface area contributed by atoms with E-state index >= 15 is 0 Å². The van der Waals surface area contributed by atoms with Gasteiger partial charge in [0.2, 0.25) is 0 Å². The molecule has 0 atom stereocenters. The van der Waals surface area contributed by atoms with Crippen LogP contribution in [0.1, 0.15) is 22.8 Å². The number of anilines is 1. The van der Waals surface area contributed by atoms with E-state index in [1.54, 1.807) is 6.07 Å². The minimum atomic E-state index is -0.687. The summed E-state index contributed by atoms with van der Waals surface area (Å²) in [6, 6.07) is 10.2. The number of hydrogen-bond donors (Lipinski definition) is 1. The van der Waals surface area contributed by atoms with E-state index < -0.39 is 18.5 Å². The van der Waals surface area contributed by atoms with E-state index in [9.17, 15) is 9.59 Å². The number of benzene rings is 2. The van der Waals surface area contributed by atoms with E-state index in [2.05, 4.69) is 5.32 Å². The van der Waals surface area contributed by atoms with Gasteiger partial charge < -0.3 is 19.5 Å². The van der Waals surface area contributed by atoms with Crippen molar-refractivity contribution in [1.82, 2.24) is 0 Å². The molecule has 0 saturated heterocycles. The Bertz CT molecular complexity index is 807. The van der Waals surface area contributed by atoms with Gasteiger partial charge in [-0.25, -0.2) is 4.79 Å². The van der Waals surface area contributed by atoms with Crippen molar-refractivity contribution in [2.45, 2.75) is 13.8 Å². The molecule has 0 aliphatic carbocycles. The molecule has 0 unspecified atom stereocenters. The third kappa shape index (κ3) is 4.89. The molecule has 0 aliphatic rings. The number of halogens is 1. The molecule has 2 rings (SSSR count). The lowest BCUT2D eigenvalue weighted by Gasteiger charge is -2.13. The summed E-state index contributed by atoms with van der Waals surface area (Å²) in [5.74, 6) is -0.453. The number of ether oxygens (including phenoxy) is 3. The average molecular weight is 378 g/mol. The second-order valence-corrected chi connectivity index (χ2v) is 5.77. The smallest absolute Gasteiger partial charge is 0.338 e. The summed E-state index contributed by atoms with van der Waals surface area (Å²) >= 11 is 6.13. The van der Waals surface area contributed by atoms with Crippen LogP contribution in [-0.4, -0.2) is 32.2 Å². The molecule has 26 heavy (non-hydrogen) atoms. The molecule has 0 heterocycles. The molecule has 2 aromatic carbocycles. The highest BCUT2D eigenvalue weighted by atomic mass is 35.5. The third-order valence-corrected chi connectivity index (χ3v) is 3.79. The first-order valence-electron chi connectivity index (χ1n) is 7.99. The van der Waals surface area contributed by atoms with Gasteiger partial charge in [-0.3, -0.25) is 4.79 Å². The quantitative estimate of drug-likeness (QED) is 0.742. The summed E-state index contributed by atoms with van der Waals surface area (Å²) in [7, 11) is 1.44. The van der Waals surface area contributed by atoms with Gasteiger partial charge in [-0.15, -0.1) is 0 Å². The van der Waals surface area contributed by atoms with Gasteiger partial charge >= 0.3 is 5.97 Å². The van der Waals surface area contributed by atoms with Gasteiger partial charge in [-0.2, -0.15) is 0 Å². The lowest BCUT2D eigenvalue weighted by atomic mass is 10.2. The fourth-order valence-corrected chi connectivity index (χ4v) is 2.50. The molecule has 1 amide bonds. The van der Waals surface area contributed by atoms with E-state index in [0.717, 1.165) is 5.56 Å². The molecule has 7 heteroatoms. The van der Waals surface area contributed by atoms with Crippen molar-refractivity contribution in [3.05, 3.63) is 52.5 Å². The number of hydrogen-bond acceptors (Lipinski definition) is 5. The first-order chi connectivity index (χ1) is 12.5. The van der Waals surface area contributed by atoms with Crippen molar-refractivity contribution in [2.24, 2.45) is 0 Å². The standard InChI is InChI=1S/C19H20ClNO5/c1-4-25-18-14(20)9-13(10-16(18)24-3)19(23)26-11-17(22)21-15-8-6-5-7-12(15)2/h5-10H,4,11H2,1-3H3,(H,21,22). The monoisotopic (exact) mass is 377 g/mol. The van der Waals surface area contributed by atoms with Crippen molar-refractivity contribution in [2.75, 3.05) is 25.6 Å². The summed E-state index contributed by atoms with van der Waals surface area (Å²) in [6.45, 7) is 3.67. The summed E-state index contributed by atoms with van der Waals surface area (Å²) in [5.41, 5.74) is 1.74. The number of rotatable bonds is 7. The van der Waals surface area contributed by atoms with Crippen LogP contribution in [0.4, 0.5) is 5.69 Å². The summed E-state index contributed by atoms with van der Waals surface area (Å²) in [4.78, 5) is 24.2. The number of aryl methyl sites for hydroxylation is 1. The van der Waals surface area contributed by atoms with E-state index in [1.165, 1.54) is 19.2 Å². The fraction of sp³-hybridized carbons (Fsp3) is 0.263. The zero-order chi connectivity index (χ0) is 19.1. The van der Waals surface area contributed by atoms with E-state index in [1.807, 2.05) is 32.0 Å². The van der Waals surface area contributed by atoms with Crippen LogP contribution < -0.4 is 14.8 Å². The highest BCUT2D eigenvalue weighted by molar-refractivity contribution is 6.32. The number of amides is 1. The molecule has 6 nitrogen and oxygen atoms in total. The zero-order valence-corrected chi connectivity index (χ0v) is 15.6. The van der Waals surface area contributed by atoms with Gasteiger partial charge in [0.05, 0.1) is 24.3 Å². The molecule has 138 valence electrons. The first kappa shape index (κ1) is 19.6. The Hall–Kier alpha value is -2.73. The zero-order valence-electron chi connectivity index (χ0n) is 14.8. The Morgan fingerprint density at radius 1 is 1.19 bits per heavy atom. The van der Waals surface area contributed by atoms with Crippen molar-refractivity contribution in [1.29, 1.82) is 0 Å². The average Bonchev–Trinajstić information content (AvgIpc) is 2.63. The van der Waals surface area contributed by atoms with Gasteiger partial charge in [0.15, 0.2) is 18.1 Å². The van der Waals surface area contributed by atoms with Crippen molar-refractivity contribution >= 4 is 29.2 Å². The Kier molecular flexibility index (Phi) is 6.86. The van der Waals surface area contributed by atoms with E-state index in [-0.39, 0.29) is 10.6 Å². The highest BCUT2D eigenvalue weighted by Gasteiger charge is 2.17. The SMILES string of the molecule is CCOc1c(Cl)cc(C(=O)OCC(=O)Nc2ccccc2C)cc1OC. The predicted octanol–water partition coefficient (Wildman–Crippen LogP) is 3.85. The molecule has 0 radical (unpaired) electrons. The largest absolute Gasteiger partial charge is 0.493 e. The number of para-hydroxylation sites is 1. The Morgan fingerprint density at radius 3 is 2.58 bits per heavy atom. The molecule has 2 aromatic rings. The second kappa shape index (κ2) is 9.10. The molecule has 0 saturated carbocycles. The van der Waals surface area contributed by atoms with Gasteiger partial charge in [0, 0.05) is 5.69 Å². The summed E-state index contributed by atoms with van der Waals surface area (Å²) in [5, 5.41) is 2.91. The molecule has 0 aliphatic heterocycles. The van der Waals surface area contributed by atoms with Crippen molar-refractivity contribution in [3.63, 3.8) is 0 Å². The van der Waals surface area contributed by atoms with Crippen LogP contribution >= 0.6 is 11.6 Å². The number of carbonyl (C=O) groups is 2. The lowest BCUT2D eigenvalue weighted by Crippen LogP contribution is -2.21. The van der Waals surface area contributed by atoms with Crippen LogP contribution in [0.3, 0.4) is 0 Å². The maximum Gasteiger partial charge on any atom is 0.338 e. The number of methoxy groups -OCH3 is 1. The van der Waals surface area contributed by atoms with Gasteiger partial charge in [0.1, 0.15) is 0 Å². The maximum absolute atomic E-state index is 12.2. The number of nitrogens with one attached hydrogen (secondary N) is 1. The maximum atomic E-state index is 12.2. The molecular weight excluding hydrogens is 358 g/mol. The predicted molar refractivity (Wildman–Crippen MR) is 99.3 cm³/mol. The molecule has 0 bridgehead atoms. The Labute approximate surface area is 157 Å². The third-order valence-electron chi connectivity index (χ3n) is 3.51. The molecule has 0 spiro atoms. The van der Waals surface area contributed by atoms with Crippen LogP contribution in [0.2, 0.25) is 5.02 Å². The molecular formula is C19H20ClNO5. The normalized spacial score (nSPS) is 10.2. The molecule has 0 fully saturated rings. The fourth-order valence-electron chi connectivity index (χ4n) is 2.24. The minimum Gasteiger partial charge on any atom is -0.493 e. The van der Waals surface area contributed by atoms with Gasteiger partial charge in [-0.05, 0) is 37.6 Å². The highest BCUT2D eigenvalue weighted by Crippen LogP contribution is 2.36. The van der Waals surface area contributed by atoms with Crippen molar-refractivity contribution < 1.29 is 23.8 Å². The van der Waals surface area contributed by atoms with E-state index in [0.29, 0.717) is 23.8 Å². The van der Waals surface area contributed by atoms with Crippen LogP contribution in [0.25, 0.3) is 0 Å². The number of carbonyl (C=O) groups excluding carboxylic acids is 2.